The number of para-hydroxylation sites is 1. The molecule has 7 heteroatoms. The van der Waals surface area contributed by atoms with Crippen molar-refractivity contribution < 1.29 is 17.6 Å². The largest absolute Gasteiger partial charge is 0.451 e. The molecule has 0 saturated heterocycles. The Morgan fingerprint density at radius 3 is 2.77 bits per heavy atom. The van der Waals surface area contributed by atoms with Crippen LogP contribution in [0.25, 0.3) is 11.0 Å². The van der Waals surface area contributed by atoms with Crippen molar-refractivity contribution in [2.75, 3.05) is 17.7 Å². The predicted molar refractivity (Wildman–Crippen MR) is 104 cm³/mol. The third kappa shape index (κ3) is 3.05. The van der Waals surface area contributed by atoms with Crippen molar-refractivity contribution in [2.24, 2.45) is 0 Å². The zero-order valence-corrected chi connectivity index (χ0v) is 16.4. The van der Waals surface area contributed by atoms with Crippen molar-refractivity contribution in [3.05, 3.63) is 63.8 Å². The summed E-state index contributed by atoms with van der Waals surface area (Å²) in [6, 6.07) is 12.9. The number of nitrogens with zero attached hydrogens (tertiary/aromatic N) is 1. The van der Waals surface area contributed by atoms with Crippen molar-refractivity contribution in [1.82, 2.24) is 0 Å². The van der Waals surface area contributed by atoms with Crippen LogP contribution in [0.5, 0.6) is 0 Å². The fourth-order valence-corrected chi connectivity index (χ4v) is 4.60. The van der Waals surface area contributed by atoms with Crippen molar-refractivity contribution in [1.29, 1.82) is 0 Å². The van der Waals surface area contributed by atoms with Gasteiger partial charge in [0.2, 0.25) is 0 Å². The topological polar surface area (TPSA) is 67.6 Å². The van der Waals surface area contributed by atoms with E-state index in [1.54, 1.807) is 29.2 Å². The number of benzene rings is 2. The normalized spacial score (nSPS) is 14.0. The minimum atomic E-state index is -3.32. The van der Waals surface area contributed by atoms with Crippen LogP contribution in [-0.2, 0) is 22.0 Å². The minimum Gasteiger partial charge on any atom is -0.451 e. The Hall–Kier alpha value is -2.12. The summed E-state index contributed by atoms with van der Waals surface area (Å²) in [6.45, 7) is 0.542. The smallest absolute Gasteiger partial charge is 0.294 e. The van der Waals surface area contributed by atoms with E-state index < -0.39 is 9.84 Å². The van der Waals surface area contributed by atoms with Gasteiger partial charge in [0, 0.05) is 33.9 Å². The summed E-state index contributed by atoms with van der Waals surface area (Å²) >= 11 is 3.45. The van der Waals surface area contributed by atoms with Crippen LogP contribution in [0.3, 0.4) is 0 Å². The van der Waals surface area contributed by atoms with Crippen LogP contribution >= 0.6 is 15.9 Å². The van der Waals surface area contributed by atoms with Crippen molar-refractivity contribution >= 4 is 48.3 Å². The molecule has 0 aliphatic carbocycles. The zero-order chi connectivity index (χ0) is 18.5. The monoisotopic (exact) mass is 433 g/mol. The van der Waals surface area contributed by atoms with Gasteiger partial charge in [-0.2, -0.15) is 0 Å². The van der Waals surface area contributed by atoms with Gasteiger partial charge in [-0.3, -0.25) is 4.79 Å². The second-order valence-electron chi connectivity index (χ2n) is 6.46. The number of carbonyl (C=O) groups excluding carboxylic acids is 1. The number of fused-ring (bicyclic) bond motifs is 2. The SMILES string of the molecule is CS(=O)(=O)Cc1c(C(=O)N2CCc3cc(Br)ccc32)oc2ccccc12. The van der Waals surface area contributed by atoms with Crippen molar-refractivity contribution in [2.45, 2.75) is 12.2 Å². The van der Waals surface area contributed by atoms with Gasteiger partial charge in [-0.15, -0.1) is 0 Å². The molecule has 26 heavy (non-hydrogen) atoms. The molecule has 1 aliphatic rings. The number of furan rings is 1. The lowest BCUT2D eigenvalue weighted by atomic mass is 10.1. The molecular weight excluding hydrogens is 418 g/mol. The maximum atomic E-state index is 13.2. The molecule has 0 fully saturated rings. The molecule has 134 valence electrons. The lowest BCUT2D eigenvalue weighted by Gasteiger charge is -2.16. The van der Waals surface area contributed by atoms with Crippen molar-refractivity contribution in [3.63, 3.8) is 0 Å². The van der Waals surface area contributed by atoms with Gasteiger partial charge in [-0.25, -0.2) is 8.42 Å². The molecule has 5 nitrogen and oxygen atoms in total. The highest BCUT2D eigenvalue weighted by Gasteiger charge is 2.31. The lowest BCUT2D eigenvalue weighted by molar-refractivity contribution is 0.0964. The molecule has 1 aromatic heterocycles. The van der Waals surface area contributed by atoms with Crippen LogP contribution < -0.4 is 4.90 Å². The average Bonchev–Trinajstić information content (AvgIpc) is 3.14. The van der Waals surface area contributed by atoms with Gasteiger partial charge >= 0.3 is 0 Å². The maximum absolute atomic E-state index is 13.2. The van der Waals surface area contributed by atoms with Crippen LogP contribution in [-0.4, -0.2) is 27.1 Å². The van der Waals surface area contributed by atoms with Gasteiger partial charge < -0.3 is 9.32 Å². The number of anilines is 1. The quantitative estimate of drug-likeness (QED) is 0.626. The molecule has 2 heterocycles. The summed E-state index contributed by atoms with van der Waals surface area (Å²) < 4.78 is 30.6. The van der Waals surface area contributed by atoms with Crippen LogP contribution in [0.2, 0.25) is 0 Å². The van der Waals surface area contributed by atoms with Gasteiger partial charge in [0.25, 0.3) is 5.91 Å². The Balaban J connectivity index is 1.82. The fourth-order valence-electron chi connectivity index (χ4n) is 3.38. The molecule has 3 aromatic rings. The molecule has 0 atom stereocenters. The first-order valence-corrected chi connectivity index (χ1v) is 11.0. The number of rotatable bonds is 3. The summed E-state index contributed by atoms with van der Waals surface area (Å²) in [5.74, 6) is -0.431. The average molecular weight is 434 g/mol. The number of hydrogen-bond acceptors (Lipinski definition) is 4. The van der Waals surface area contributed by atoms with E-state index in [1.807, 2.05) is 18.2 Å². The van der Waals surface area contributed by atoms with Gasteiger partial charge in [-0.1, -0.05) is 34.1 Å². The first kappa shape index (κ1) is 17.3. The van der Waals surface area contributed by atoms with Crippen LogP contribution in [0.4, 0.5) is 5.69 Å². The second-order valence-corrected chi connectivity index (χ2v) is 9.51. The first-order valence-electron chi connectivity index (χ1n) is 8.12. The van der Waals surface area contributed by atoms with E-state index in [0.717, 1.165) is 28.4 Å². The highest BCUT2D eigenvalue weighted by Crippen LogP contribution is 2.34. The Morgan fingerprint density at radius 2 is 2.00 bits per heavy atom. The Labute approximate surface area is 159 Å². The molecule has 0 saturated carbocycles. The van der Waals surface area contributed by atoms with Gasteiger partial charge in [0.05, 0.1) is 5.75 Å². The minimum absolute atomic E-state index is 0.104. The van der Waals surface area contributed by atoms with Crippen LogP contribution in [0.1, 0.15) is 21.7 Å². The Morgan fingerprint density at radius 1 is 1.23 bits per heavy atom. The lowest BCUT2D eigenvalue weighted by Crippen LogP contribution is -2.29. The second kappa shape index (κ2) is 6.25. The third-order valence-electron chi connectivity index (χ3n) is 4.48. The van der Waals surface area contributed by atoms with Gasteiger partial charge in [0.15, 0.2) is 15.6 Å². The van der Waals surface area contributed by atoms with Gasteiger partial charge in [0.1, 0.15) is 5.58 Å². The molecular formula is C19H16BrNO4S. The molecule has 4 rings (SSSR count). The summed E-state index contributed by atoms with van der Waals surface area (Å²) in [6.07, 6.45) is 1.91. The van der Waals surface area contributed by atoms with E-state index in [9.17, 15) is 13.2 Å². The fraction of sp³-hybridized carbons (Fsp3) is 0.211. The summed E-state index contributed by atoms with van der Waals surface area (Å²) in [5, 5.41) is 0.663. The molecule has 0 spiro atoms. The van der Waals surface area contributed by atoms with E-state index in [-0.39, 0.29) is 17.4 Å². The molecule has 2 aromatic carbocycles. The van der Waals surface area contributed by atoms with Crippen LogP contribution in [0.15, 0.2) is 51.4 Å². The highest BCUT2D eigenvalue weighted by atomic mass is 79.9. The molecule has 1 aliphatic heterocycles. The Bertz CT molecular complexity index is 1130. The molecule has 0 bridgehead atoms. The first-order chi connectivity index (χ1) is 12.3. The zero-order valence-electron chi connectivity index (χ0n) is 14.0. The van der Waals surface area contributed by atoms with Crippen molar-refractivity contribution in [3.8, 4) is 0 Å². The number of hydrogen-bond donors (Lipinski definition) is 0. The molecule has 0 N–H and O–H groups in total. The van der Waals surface area contributed by atoms with Crippen LogP contribution in [0, 0.1) is 0 Å². The van der Waals surface area contributed by atoms with Gasteiger partial charge in [-0.05, 0) is 36.2 Å². The predicted octanol–water partition coefficient (Wildman–Crippen LogP) is 3.94. The van der Waals surface area contributed by atoms with E-state index >= 15 is 0 Å². The third-order valence-corrected chi connectivity index (χ3v) is 5.79. The maximum Gasteiger partial charge on any atom is 0.294 e. The molecule has 0 radical (unpaired) electrons. The summed E-state index contributed by atoms with van der Waals surface area (Å²) in [4.78, 5) is 14.9. The Kier molecular flexibility index (Phi) is 4.16. The van der Waals surface area contributed by atoms with E-state index in [0.29, 0.717) is 23.1 Å². The highest BCUT2D eigenvalue weighted by molar-refractivity contribution is 9.10. The summed E-state index contributed by atoms with van der Waals surface area (Å²) in [7, 11) is -3.32. The number of halogens is 1. The van der Waals surface area contributed by atoms with E-state index in [2.05, 4.69) is 15.9 Å². The number of sulfone groups is 1. The van der Waals surface area contributed by atoms with E-state index in [1.165, 1.54) is 0 Å². The molecule has 1 amide bonds. The summed E-state index contributed by atoms with van der Waals surface area (Å²) in [5.41, 5.74) is 2.86. The number of amides is 1. The molecule has 0 unspecified atom stereocenters. The standard InChI is InChI=1S/C19H16BrNO4S/c1-26(23,24)11-15-14-4-2-3-5-17(14)25-18(15)19(22)21-9-8-12-10-13(20)6-7-16(12)21/h2-7,10H,8-9,11H2,1H3. The number of carbonyl (C=O) groups is 1. The van der Waals surface area contributed by atoms with E-state index in [4.69, 9.17) is 4.42 Å².